The maximum absolute atomic E-state index is 12.7. The molecule has 0 radical (unpaired) electrons. The number of carbonyl (C=O) groups excluding carboxylic acids is 1. The zero-order valence-corrected chi connectivity index (χ0v) is 19.2. The summed E-state index contributed by atoms with van der Waals surface area (Å²) in [4.78, 5) is 15.7. The summed E-state index contributed by atoms with van der Waals surface area (Å²) >= 11 is 7.83. The second-order valence-corrected chi connectivity index (χ2v) is 10.4. The molecule has 0 spiro atoms. The van der Waals surface area contributed by atoms with Crippen molar-refractivity contribution in [1.82, 2.24) is 9.47 Å². The van der Waals surface area contributed by atoms with Crippen LogP contribution in [0.4, 0.5) is 4.79 Å². The number of halogens is 1. The summed E-state index contributed by atoms with van der Waals surface area (Å²) in [5.41, 5.74) is 4.61. The number of nitrogens with zero attached hydrogens (tertiary/aromatic N) is 2. The first kappa shape index (κ1) is 21.0. The molecule has 1 aromatic carbocycles. The lowest BCUT2D eigenvalue weighted by Gasteiger charge is -2.26. The highest BCUT2D eigenvalue weighted by Gasteiger charge is 2.27. The number of aromatic nitrogens is 1. The molecule has 0 aliphatic carbocycles. The molecule has 30 heavy (non-hydrogen) atoms. The van der Waals surface area contributed by atoms with Crippen LogP contribution in [0.1, 0.15) is 37.6 Å². The van der Waals surface area contributed by atoms with Crippen LogP contribution in [0.2, 0.25) is 4.34 Å². The highest BCUT2D eigenvalue weighted by Crippen LogP contribution is 2.37. The number of hydrogen-bond donors (Lipinski definition) is 0. The molecule has 3 aromatic rings. The van der Waals surface area contributed by atoms with Crippen LogP contribution in [-0.2, 0) is 24.1 Å². The van der Waals surface area contributed by atoms with Crippen molar-refractivity contribution < 1.29 is 9.53 Å². The number of rotatable bonds is 3. The minimum Gasteiger partial charge on any atom is -0.444 e. The van der Waals surface area contributed by atoms with Crippen LogP contribution >= 0.6 is 22.9 Å². The molecule has 0 bridgehead atoms. The van der Waals surface area contributed by atoms with Crippen LogP contribution in [0.25, 0.3) is 10.4 Å². The molecule has 0 unspecified atom stereocenters. The molecule has 0 saturated carbocycles. The minimum absolute atomic E-state index is 0.233. The van der Waals surface area contributed by atoms with Gasteiger partial charge in [-0.3, -0.25) is 0 Å². The second-order valence-electron chi connectivity index (χ2n) is 8.65. The van der Waals surface area contributed by atoms with E-state index in [0.29, 0.717) is 13.1 Å². The molecule has 6 heteroatoms. The van der Waals surface area contributed by atoms with Crippen LogP contribution < -0.4 is 0 Å². The zero-order valence-electron chi connectivity index (χ0n) is 17.7. The standard InChI is InChI=1S/C24H27ClN2O2S/c1-24(2,3)29-23(28)26-13-11-18-19(21-9-10-22(25)30-21)16-27(20(18)12-14-26)15-17-7-5-4-6-8-17/h4-10,16H,11-15H2,1-3H3. The summed E-state index contributed by atoms with van der Waals surface area (Å²) in [5, 5.41) is 0. The summed E-state index contributed by atoms with van der Waals surface area (Å²) in [6.07, 6.45) is 3.63. The first-order valence-corrected chi connectivity index (χ1v) is 11.5. The van der Waals surface area contributed by atoms with E-state index in [4.69, 9.17) is 16.3 Å². The molecular formula is C24H27ClN2O2S. The Balaban J connectivity index is 1.65. The monoisotopic (exact) mass is 442 g/mol. The first-order valence-electron chi connectivity index (χ1n) is 10.3. The summed E-state index contributed by atoms with van der Waals surface area (Å²) < 4.78 is 8.75. The van der Waals surface area contributed by atoms with Gasteiger partial charge in [0.1, 0.15) is 5.60 Å². The maximum atomic E-state index is 12.7. The fourth-order valence-electron chi connectivity index (χ4n) is 3.91. The van der Waals surface area contributed by atoms with Crippen molar-refractivity contribution in [3.05, 3.63) is 69.8 Å². The van der Waals surface area contributed by atoms with Gasteiger partial charge in [-0.2, -0.15) is 0 Å². The predicted octanol–water partition coefficient (Wildman–Crippen LogP) is 6.25. The third-order valence-corrected chi connectivity index (χ3v) is 6.51. The molecule has 1 aliphatic heterocycles. The van der Waals surface area contributed by atoms with Crippen molar-refractivity contribution in [2.75, 3.05) is 13.1 Å². The van der Waals surface area contributed by atoms with Crippen molar-refractivity contribution >= 4 is 29.0 Å². The molecular weight excluding hydrogens is 416 g/mol. The van der Waals surface area contributed by atoms with Gasteiger partial charge in [-0.25, -0.2) is 4.79 Å². The lowest BCUT2D eigenvalue weighted by Crippen LogP contribution is -2.38. The van der Waals surface area contributed by atoms with Crippen molar-refractivity contribution in [1.29, 1.82) is 0 Å². The Kier molecular flexibility index (Phi) is 5.94. The maximum Gasteiger partial charge on any atom is 0.410 e. The van der Waals surface area contributed by atoms with E-state index in [9.17, 15) is 4.79 Å². The Hall–Kier alpha value is -2.24. The molecule has 4 rings (SSSR count). The van der Waals surface area contributed by atoms with Gasteiger partial charge >= 0.3 is 6.09 Å². The predicted molar refractivity (Wildman–Crippen MR) is 124 cm³/mol. The first-order chi connectivity index (χ1) is 14.3. The number of amides is 1. The third-order valence-electron chi connectivity index (χ3n) is 5.24. The van der Waals surface area contributed by atoms with Crippen LogP contribution in [0, 0.1) is 0 Å². The van der Waals surface area contributed by atoms with E-state index in [2.05, 4.69) is 41.1 Å². The zero-order chi connectivity index (χ0) is 21.3. The van der Waals surface area contributed by atoms with E-state index in [1.807, 2.05) is 37.8 Å². The van der Waals surface area contributed by atoms with Crippen LogP contribution in [0.5, 0.6) is 0 Å². The van der Waals surface area contributed by atoms with Gasteiger partial charge in [0, 0.05) is 48.4 Å². The lowest BCUT2D eigenvalue weighted by atomic mass is 10.1. The van der Waals surface area contributed by atoms with Crippen LogP contribution in [0.3, 0.4) is 0 Å². The van der Waals surface area contributed by atoms with Crippen molar-refractivity contribution in [3.63, 3.8) is 0 Å². The molecule has 4 nitrogen and oxygen atoms in total. The highest BCUT2D eigenvalue weighted by molar-refractivity contribution is 7.19. The third kappa shape index (κ3) is 4.73. The van der Waals surface area contributed by atoms with Gasteiger partial charge in [-0.05, 0) is 50.5 Å². The quantitative estimate of drug-likeness (QED) is 0.480. The van der Waals surface area contributed by atoms with Gasteiger partial charge in [0.05, 0.1) is 4.34 Å². The average Bonchev–Trinajstić information content (AvgIpc) is 3.17. The topological polar surface area (TPSA) is 34.5 Å². The number of hydrogen-bond acceptors (Lipinski definition) is 3. The second kappa shape index (κ2) is 8.48. The van der Waals surface area contributed by atoms with Gasteiger partial charge in [0.2, 0.25) is 0 Å². The van der Waals surface area contributed by atoms with E-state index in [1.54, 1.807) is 11.3 Å². The van der Waals surface area contributed by atoms with Crippen LogP contribution in [0.15, 0.2) is 48.7 Å². The minimum atomic E-state index is -0.488. The largest absolute Gasteiger partial charge is 0.444 e. The molecule has 3 heterocycles. The van der Waals surface area contributed by atoms with E-state index >= 15 is 0 Å². The Morgan fingerprint density at radius 3 is 2.50 bits per heavy atom. The molecule has 0 atom stereocenters. The van der Waals surface area contributed by atoms with Gasteiger partial charge < -0.3 is 14.2 Å². The molecule has 1 amide bonds. The molecule has 2 aromatic heterocycles. The van der Waals surface area contributed by atoms with Gasteiger partial charge in [0.25, 0.3) is 0 Å². The van der Waals surface area contributed by atoms with Gasteiger partial charge in [-0.15, -0.1) is 11.3 Å². The summed E-state index contributed by atoms with van der Waals surface area (Å²) in [5.74, 6) is 0. The summed E-state index contributed by atoms with van der Waals surface area (Å²) in [6.45, 7) is 7.85. The average molecular weight is 443 g/mol. The Labute approximate surface area is 187 Å². The molecule has 0 N–H and O–H groups in total. The SMILES string of the molecule is CC(C)(C)OC(=O)N1CCc2c(-c3ccc(Cl)s3)cn(Cc3ccccc3)c2CC1. The van der Waals surface area contributed by atoms with E-state index in [1.165, 1.54) is 27.3 Å². The summed E-state index contributed by atoms with van der Waals surface area (Å²) in [7, 11) is 0. The van der Waals surface area contributed by atoms with Gasteiger partial charge in [0.15, 0.2) is 0 Å². The van der Waals surface area contributed by atoms with E-state index < -0.39 is 5.60 Å². The van der Waals surface area contributed by atoms with E-state index in [-0.39, 0.29) is 6.09 Å². The fourth-order valence-corrected chi connectivity index (χ4v) is 5.00. The van der Waals surface area contributed by atoms with Crippen molar-refractivity contribution in [2.45, 2.75) is 45.8 Å². The van der Waals surface area contributed by atoms with Gasteiger partial charge in [-0.1, -0.05) is 41.9 Å². The Bertz CT molecular complexity index is 1030. The normalized spacial score (nSPS) is 14.3. The highest BCUT2D eigenvalue weighted by atomic mass is 35.5. The molecule has 158 valence electrons. The molecule has 0 fully saturated rings. The van der Waals surface area contributed by atoms with E-state index in [0.717, 1.165) is 23.7 Å². The van der Waals surface area contributed by atoms with Crippen molar-refractivity contribution in [2.24, 2.45) is 0 Å². The number of benzene rings is 1. The van der Waals surface area contributed by atoms with Crippen LogP contribution in [-0.4, -0.2) is 34.3 Å². The van der Waals surface area contributed by atoms with Crippen molar-refractivity contribution in [3.8, 4) is 10.4 Å². The number of carbonyl (C=O) groups is 1. The fraction of sp³-hybridized carbons (Fsp3) is 0.375. The molecule has 0 saturated heterocycles. The Morgan fingerprint density at radius 2 is 1.83 bits per heavy atom. The number of fused-ring (bicyclic) bond motifs is 1. The lowest BCUT2D eigenvalue weighted by molar-refractivity contribution is 0.0258. The summed E-state index contributed by atoms with van der Waals surface area (Å²) in [6, 6.07) is 14.5. The number of thiophene rings is 1. The smallest absolute Gasteiger partial charge is 0.410 e. The number of ether oxygens (including phenoxy) is 1. The Morgan fingerprint density at radius 1 is 1.10 bits per heavy atom. The molecule has 1 aliphatic rings.